The Morgan fingerprint density at radius 3 is 2.71 bits per heavy atom. The molecule has 3 heterocycles. The van der Waals surface area contributed by atoms with E-state index in [0.717, 1.165) is 52.7 Å². The van der Waals surface area contributed by atoms with Crippen molar-refractivity contribution in [3.05, 3.63) is 101 Å². The summed E-state index contributed by atoms with van der Waals surface area (Å²) in [6.45, 7) is 3.80. The summed E-state index contributed by atoms with van der Waals surface area (Å²) in [5.41, 5.74) is 5.02. The number of ether oxygens (including phenoxy) is 3. The monoisotopic (exact) mass is 585 g/mol. The highest BCUT2D eigenvalue weighted by Crippen LogP contribution is 2.42. The van der Waals surface area contributed by atoms with E-state index in [9.17, 15) is 4.79 Å². The Labute approximate surface area is 249 Å². The van der Waals surface area contributed by atoms with E-state index in [1.165, 1.54) is 6.33 Å². The number of rotatable bonds is 9. The van der Waals surface area contributed by atoms with Gasteiger partial charge < -0.3 is 19.2 Å². The smallest absolute Gasteiger partial charge is 0.416 e. The molecule has 1 amide bonds. The number of hydrogen-bond acceptors (Lipinski definition) is 6. The molecule has 6 rings (SSSR count). The summed E-state index contributed by atoms with van der Waals surface area (Å²) in [5.74, 6) is 1.75. The minimum absolute atomic E-state index is 0.419. The zero-order valence-electron chi connectivity index (χ0n) is 23.5. The van der Waals surface area contributed by atoms with Gasteiger partial charge in [-0.1, -0.05) is 35.4 Å². The highest BCUT2D eigenvalue weighted by molar-refractivity contribution is 6.31. The first kappa shape index (κ1) is 27.7. The molecule has 2 aromatic heterocycles. The number of methoxy groups -OCH3 is 1. The van der Waals surface area contributed by atoms with Crippen molar-refractivity contribution in [2.45, 2.75) is 38.8 Å². The fourth-order valence-electron chi connectivity index (χ4n) is 5.45. The number of carbonyl (C=O) groups is 1. The zero-order chi connectivity index (χ0) is 29.1. The fraction of sp³-hybridized carbons (Fsp3) is 0.281. The number of benzene rings is 3. The molecule has 1 unspecified atom stereocenters. The Morgan fingerprint density at radius 2 is 1.93 bits per heavy atom. The van der Waals surface area contributed by atoms with Gasteiger partial charge in [0.25, 0.3) is 0 Å². The van der Waals surface area contributed by atoms with Gasteiger partial charge in [0.15, 0.2) is 11.5 Å². The minimum atomic E-state index is -0.427. The van der Waals surface area contributed by atoms with Crippen molar-refractivity contribution in [3.8, 4) is 17.2 Å². The molecule has 42 heavy (non-hydrogen) atoms. The Bertz CT molecular complexity index is 1680. The topological polar surface area (TPSA) is 94.5 Å². The first-order valence-corrected chi connectivity index (χ1v) is 14.4. The molecule has 216 valence electrons. The Kier molecular flexibility index (Phi) is 8.01. The van der Waals surface area contributed by atoms with Gasteiger partial charge in [0.05, 0.1) is 13.7 Å². The number of nitrogens with one attached hydrogen (secondary N) is 1. The van der Waals surface area contributed by atoms with Crippen LogP contribution < -0.4 is 14.2 Å². The predicted octanol–water partition coefficient (Wildman–Crippen LogP) is 6.74. The molecule has 10 heteroatoms. The Morgan fingerprint density at radius 1 is 1.07 bits per heavy atom. The van der Waals surface area contributed by atoms with Crippen molar-refractivity contribution in [1.82, 2.24) is 24.6 Å². The summed E-state index contributed by atoms with van der Waals surface area (Å²) in [5, 5.41) is 5.87. The molecule has 1 N–H and O–H groups in total. The number of amides is 1. The standard InChI is InChI=1S/C32H32ClN5O4/c1-21-5-9-24(10-6-21)42-32(39)38-15-13-25-26-18-23(33)8-11-27(26)36-30(25)31(38)22-7-12-28(29(17-22)40-2)41-16-4-3-14-37-20-34-19-35-37/h5-12,17-20,31,36H,3-4,13-16H2,1-2H3. The summed E-state index contributed by atoms with van der Waals surface area (Å²) in [6, 6.07) is 18.7. The number of aromatic amines is 1. The lowest BCUT2D eigenvalue weighted by atomic mass is 9.92. The van der Waals surface area contributed by atoms with Gasteiger partial charge in [-0.2, -0.15) is 5.10 Å². The van der Waals surface area contributed by atoms with E-state index in [1.807, 2.05) is 67.6 Å². The molecule has 0 radical (unpaired) electrons. The van der Waals surface area contributed by atoms with Gasteiger partial charge in [-0.05, 0) is 79.8 Å². The summed E-state index contributed by atoms with van der Waals surface area (Å²) >= 11 is 6.36. The number of aromatic nitrogens is 4. The van der Waals surface area contributed by atoms with Crippen LogP contribution in [0, 0.1) is 6.92 Å². The zero-order valence-corrected chi connectivity index (χ0v) is 24.3. The average Bonchev–Trinajstić information content (AvgIpc) is 3.65. The molecule has 0 fully saturated rings. The van der Waals surface area contributed by atoms with Crippen molar-refractivity contribution < 1.29 is 19.0 Å². The normalized spacial score (nSPS) is 14.5. The van der Waals surface area contributed by atoms with Crippen LogP contribution in [0.4, 0.5) is 4.79 Å². The molecule has 0 saturated heterocycles. The second-order valence-electron chi connectivity index (χ2n) is 10.4. The third-order valence-corrected chi connectivity index (χ3v) is 7.79. The van der Waals surface area contributed by atoms with Gasteiger partial charge in [-0.25, -0.2) is 9.78 Å². The lowest BCUT2D eigenvalue weighted by Gasteiger charge is -2.35. The van der Waals surface area contributed by atoms with Crippen LogP contribution in [-0.2, 0) is 13.0 Å². The van der Waals surface area contributed by atoms with Crippen LogP contribution in [0.15, 0.2) is 73.3 Å². The summed E-state index contributed by atoms with van der Waals surface area (Å²) in [6.07, 6.45) is 5.26. The van der Waals surface area contributed by atoms with Crippen LogP contribution in [0.25, 0.3) is 10.9 Å². The van der Waals surface area contributed by atoms with Crippen LogP contribution in [-0.4, -0.2) is 51.0 Å². The van der Waals surface area contributed by atoms with Crippen LogP contribution in [0.3, 0.4) is 0 Å². The van der Waals surface area contributed by atoms with E-state index in [4.69, 9.17) is 25.8 Å². The number of H-pyrrole nitrogens is 1. The second kappa shape index (κ2) is 12.2. The van der Waals surface area contributed by atoms with Gasteiger partial charge in [-0.15, -0.1) is 0 Å². The molecule has 5 aromatic rings. The fourth-order valence-corrected chi connectivity index (χ4v) is 5.62. The quantitative estimate of drug-likeness (QED) is 0.193. The summed E-state index contributed by atoms with van der Waals surface area (Å²) in [4.78, 5) is 22.9. The first-order chi connectivity index (χ1) is 20.5. The molecule has 0 aliphatic carbocycles. The number of unbranched alkanes of at least 4 members (excludes halogenated alkanes) is 1. The van der Waals surface area contributed by atoms with Crippen molar-refractivity contribution in [3.63, 3.8) is 0 Å². The molecule has 0 bridgehead atoms. The molecule has 0 spiro atoms. The van der Waals surface area contributed by atoms with Crippen molar-refractivity contribution in [2.24, 2.45) is 0 Å². The van der Waals surface area contributed by atoms with E-state index in [1.54, 1.807) is 23.0 Å². The van der Waals surface area contributed by atoms with E-state index in [2.05, 4.69) is 15.1 Å². The average molecular weight is 586 g/mol. The number of halogens is 1. The SMILES string of the molecule is COc1cc(C2c3[nH]c4ccc(Cl)cc4c3CCN2C(=O)Oc2ccc(C)cc2)ccc1OCCCCn1cncn1. The van der Waals surface area contributed by atoms with Gasteiger partial charge >= 0.3 is 6.09 Å². The number of carbonyl (C=O) groups excluding carboxylic acids is 1. The molecule has 1 aliphatic heterocycles. The van der Waals surface area contributed by atoms with Gasteiger partial charge in [0, 0.05) is 34.7 Å². The lowest BCUT2D eigenvalue weighted by molar-refractivity contribution is 0.135. The van der Waals surface area contributed by atoms with E-state index in [-0.39, 0.29) is 0 Å². The van der Waals surface area contributed by atoms with Crippen LogP contribution >= 0.6 is 11.6 Å². The number of aryl methyl sites for hydroxylation is 2. The highest BCUT2D eigenvalue weighted by Gasteiger charge is 2.36. The van der Waals surface area contributed by atoms with Gasteiger partial charge in [0.2, 0.25) is 0 Å². The maximum absolute atomic E-state index is 13.6. The minimum Gasteiger partial charge on any atom is -0.493 e. The van der Waals surface area contributed by atoms with Gasteiger partial charge in [-0.3, -0.25) is 9.58 Å². The Hall–Kier alpha value is -4.50. The van der Waals surface area contributed by atoms with Crippen LogP contribution in [0.2, 0.25) is 5.02 Å². The molecule has 0 saturated carbocycles. The van der Waals surface area contributed by atoms with Crippen molar-refractivity contribution >= 4 is 28.6 Å². The predicted molar refractivity (Wildman–Crippen MR) is 161 cm³/mol. The van der Waals surface area contributed by atoms with Crippen LogP contribution in [0.1, 0.15) is 41.3 Å². The van der Waals surface area contributed by atoms with Gasteiger partial charge in [0.1, 0.15) is 24.4 Å². The third kappa shape index (κ3) is 5.78. The lowest BCUT2D eigenvalue weighted by Crippen LogP contribution is -2.42. The Balaban J connectivity index is 1.28. The third-order valence-electron chi connectivity index (χ3n) is 7.56. The maximum atomic E-state index is 13.6. The number of nitrogens with zero attached hydrogens (tertiary/aromatic N) is 4. The molecule has 9 nitrogen and oxygen atoms in total. The van der Waals surface area contributed by atoms with E-state index < -0.39 is 12.1 Å². The largest absolute Gasteiger partial charge is 0.493 e. The highest BCUT2D eigenvalue weighted by atomic mass is 35.5. The number of fused-ring (bicyclic) bond motifs is 3. The van der Waals surface area contributed by atoms with E-state index >= 15 is 0 Å². The molecule has 3 aromatic carbocycles. The van der Waals surface area contributed by atoms with E-state index in [0.29, 0.717) is 41.8 Å². The number of hydrogen-bond donors (Lipinski definition) is 1. The summed E-state index contributed by atoms with van der Waals surface area (Å²) in [7, 11) is 1.62. The second-order valence-corrected chi connectivity index (χ2v) is 10.8. The van der Waals surface area contributed by atoms with Crippen LogP contribution in [0.5, 0.6) is 17.2 Å². The maximum Gasteiger partial charge on any atom is 0.416 e. The molecule has 1 aliphatic rings. The molecular formula is C32H32ClN5O4. The van der Waals surface area contributed by atoms with Crippen molar-refractivity contribution in [1.29, 1.82) is 0 Å². The van der Waals surface area contributed by atoms with Crippen molar-refractivity contribution in [2.75, 3.05) is 20.3 Å². The summed E-state index contributed by atoms with van der Waals surface area (Å²) < 4.78 is 19.5. The molecule has 1 atom stereocenters. The molecular weight excluding hydrogens is 554 g/mol. The first-order valence-electron chi connectivity index (χ1n) is 14.0.